The average molecular weight is 333 g/mol. The van der Waals surface area contributed by atoms with E-state index in [9.17, 15) is 8.42 Å². The van der Waals surface area contributed by atoms with E-state index < -0.39 is 9.84 Å². The van der Waals surface area contributed by atoms with Crippen molar-refractivity contribution in [3.8, 4) is 0 Å². The minimum absolute atomic E-state index is 0.0563. The number of methoxy groups -OCH3 is 1. The van der Waals surface area contributed by atoms with Gasteiger partial charge in [0.2, 0.25) is 0 Å². The van der Waals surface area contributed by atoms with Gasteiger partial charge >= 0.3 is 0 Å². The Balaban J connectivity index is 2.24. The van der Waals surface area contributed by atoms with Crippen molar-refractivity contribution in [2.45, 2.75) is 50.7 Å². The Morgan fingerprint density at radius 1 is 1.52 bits per heavy atom. The molecule has 0 amide bonds. The summed E-state index contributed by atoms with van der Waals surface area (Å²) in [5.74, 6) is 0.176. The highest BCUT2D eigenvalue weighted by Crippen LogP contribution is 2.45. The third-order valence-electron chi connectivity index (χ3n) is 4.23. The largest absolute Gasteiger partial charge is 0.382 e. The van der Waals surface area contributed by atoms with Gasteiger partial charge in [0.1, 0.15) is 9.90 Å². The van der Waals surface area contributed by atoms with Gasteiger partial charge in [-0.2, -0.15) is 4.37 Å². The zero-order chi connectivity index (χ0) is 15.8. The molecule has 0 aliphatic heterocycles. The first-order valence-electron chi connectivity index (χ1n) is 7.01. The monoisotopic (exact) mass is 333 g/mol. The Morgan fingerprint density at radius 2 is 2.19 bits per heavy atom. The summed E-state index contributed by atoms with van der Waals surface area (Å²) in [5, 5.41) is 3.85. The van der Waals surface area contributed by atoms with Crippen LogP contribution in [0, 0.1) is 5.41 Å². The van der Waals surface area contributed by atoms with E-state index in [1.807, 2.05) is 6.92 Å². The lowest BCUT2D eigenvalue weighted by atomic mass is 9.64. The minimum Gasteiger partial charge on any atom is -0.382 e. The predicted molar refractivity (Wildman–Crippen MR) is 85.5 cm³/mol. The number of nitrogens with two attached hydrogens (primary N) is 1. The molecule has 0 aromatic carbocycles. The highest BCUT2D eigenvalue weighted by atomic mass is 32.2. The summed E-state index contributed by atoms with van der Waals surface area (Å²) < 4.78 is 34.1. The molecule has 8 heteroatoms. The van der Waals surface area contributed by atoms with Crippen LogP contribution in [0.1, 0.15) is 33.6 Å². The molecule has 0 saturated heterocycles. The fraction of sp³-hybridized carbons (Fsp3) is 0.769. The molecular weight excluding hydrogens is 310 g/mol. The second-order valence-corrected chi connectivity index (χ2v) is 8.84. The summed E-state index contributed by atoms with van der Waals surface area (Å²) in [6, 6.07) is 0.151. The molecule has 1 saturated carbocycles. The van der Waals surface area contributed by atoms with E-state index in [0.717, 1.165) is 18.0 Å². The van der Waals surface area contributed by atoms with Gasteiger partial charge in [-0.15, -0.1) is 0 Å². The molecular formula is C13H23N3O3S2. The molecule has 1 aliphatic carbocycles. The standard InChI is InChI=1S/C13H23N3O3S2/c1-5-6-21(17,18)10-11(14)16-20-12(10)15-8-7-9(19-4)13(8,2)3/h8-9,15H,5-7H2,1-4H3,(H2,14,16). The third kappa shape index (κ3) is 2.89. The fourth-order valence-corrected chi connectivity index (χ4v) is 5.41. The second-order valence-electron chi connectivity index (χ2n) is 6.02. The van der Waals surface area contributed by atoms with Crippen LogP contribution in [-0.2, 0) is 14.6 Å². The lowest BCUT2D eigenvalue weighted by molar-refractivity contribution is -0.0794. The maximum atomic E-state index is 12.3. The Kier molecular flexibility index (Phi) is 4.51. The van der Waals surface area contributed by atoms with Crippen molar-refractivity contribution in [1.29, 1.82) is 0 Å². The van der Waals surface area contributed by atoms with Crippen LogP contribution < -0.4 is 11.1 Å². The van der Waals surface area contributed by atoms with E-state index >= 15 is 0 Å². The van der Waals surface area contributed by atoms with Gasteiger partial charge in [-0.3, -0.25) is 0 Å². The molecule has 0 bridgehead atoms. The van der Waals surface area contributed by atoms with Crippen LogP contribution in [0.25, 0.3) is 0 Å². The molecule has 21 heavy (non-hydrogen) atoms. The van der Waals surface area contributed by atoms with Crippen molar-refractivity contribution in [1.82, 2.24) is 4.37 Å². The molecule has 2 atom stereocenters. The summed E-state index contributed by atoms with van der Waals surface area (Å²) in [5.41, 5.74) is 5.71. The van der Waals surface area contributed by atoms with Gasteiger partial charge < -0.3 is 15.8 Å². The Bertz CT molecular complexity index is 610. The highest BCUT2D eigenvalue weighted by molar-refractivity contribution is 7.91. The fourth-order valence-electron chi connectivity index (χ4n) is 2.75. The molecule has 2 rings (SSSR count). The molecule has 1 heterocycles. The quantitative estimate of drug-likeness (QED) is 0.828. The van der Waals surface area contributed by atoms with E-state index in [0.29, 0.717) is 11.4 Å². The number of ether oxygens (including phenoxy) is 1. The number of nitrogens with one attached hydrogen (secondary N) is 1. The first-order chi connectivity index (χ1) is 9.74. The third-order valence-corrected chi connectivity index (χ3v) is 7.13. The van der Waals surface area contributed by atoms with Gasteiger partial charge in [-0.25, -0.2) is 8.42 Å². The predicted octanol–water partition coefficient (Wildman–Crippen LogP) is 2.13. The van der Waals surface area contributed by atoms with E-state index in [4.69, 9.17) is 10.5 Å². The maximum Gasteiger partial charge on any atom is 0.185 e. The van der Waals surface area contributed by atoms with Crippen LogP contribution in [0.2, 0.25) is 0 Å². The normalized spacial score (nSPS) is 24.6. The van der Waals surface area contributed by atoms with Gasteiger partial charge in [0.05, 0.1) is 11.9 Å². The molecule has 6 nitrogen and oxygen atoms in total. The Morgan fingerprint density at radius 3 is 2.71 bits per heavy atom. The molecule has 0 spiro atoms. The van der Waals surface area contributed by atoms with Crippen LogP contribution in [0.3, 0.4) is 0 Å². The van der Waals surface area contributed by atoms with E-state index in [-0.39, 0.29) is 34.0 Å². The Hall–Kier alpha value is -0.860. The topological polar surface area (TPSA) is 94.3 Å². The minimum atomic E-state index is -3.39. The van der Waals surface area contributed by atoms with Crippen LogP contribution in [0.15, 0.2) is 4.90 Å². The molecule has 1 aliphatic rings. The summed E-state index contributed by atoms with van der Waals surface area (Å²) in [7, 11) is -1.69. The van der Waals surface area contributed by atoms with Crippen molar-refractivity contribution in [2.24, 2.45) is 5.41 Å². The maximum absolute atomic E-state index is 12.3. The molecule has 3 N–H and O–H groups in total. The number of sulfone groups is 1. The van der Waals surface area contributed by atoms with Crippen molar-refractivity contribution in [3.63, 3.8) is 0 Å². The van der Waals surface area contributed by atoms with Crippen molar-refractivity contribution in [2.75, 3.05) is 23.9 Å². The Labute approximate surface area is 130 Å². The molecule has 1 aromatic rings. The van der Waals surface area contributed by atoms with Crippen molar-refractivity contribution < 1.29 is 13.2 Å². The van der Waals surface area contributed by atoms with Gasteiger partial charge in [-0.05, 0) is 24.4 Å². The lowest BCUT2D eigenvalue weighted by Gasteiger charge is -2.51. The first kappa shape index (κ1) is 16.5. The summed E-state index contributed by atoms with van der Waals surface area (Å²) in [6.07, 6.45) is 1.57. The number of nitrogen functional groups attached to an aromatic ring is 1. The molecule has 1 fully saturated rings. The van der Waals surface area contributed by atoms with Gasteiger partial charge in [0, 0.05) is 18.6 Å². The van der Waals surface area contributed by atoms with Crippen LogP contribution in [-0.4, -0.2) is 37.8 Å². The number of nitrogens with zero attached hydrogens (tertiary/aromatic N) is 1. The average Bonchev–Trinajstić information content (AvgIpc) is 2.75. The number of anilines is 2. The van der Waals surface area contributed by atoms with Gasteiger partial charge in [0.25, 0.3) is 0 Å². The number of hydrogen-bond acceptors (Lipinski definition) is 7. The molecule has 120 valence electrons. The zero-order valence-corrected chi connectivity index (χ0v) is 14.5. The van der Waals surface area contributed by atoms with Crippen LogP contribution in [0.5, 0.6) is 0 Å². The van der Waals surface area contributed by atoms with Gasteiger partial charge in [0.15, 0.2) is 15.7 Å². The smallest absolute Gasteiger partial charge is 0.185 e. The van der Waals surface area contributed by atoms with Crippen LogP contribution in [0.4, 0.5) is 10.8 Å². The first-order valence-corrected chi connectivity index (χ1v) is 9.43. The van der Waals surface area contributed by atoms with Gasteiger partial charge in [-0.1, -0.05) is 20.8 Å². The number of hydrogen-bond donors (Lipinski definition) is 2. The van der Waals surface area contributed by atoms with E-state index in [1.54, 1.807) is 7.11 Å². The number of aromatic nitrogens is 1. The summed E-state index contributed by atoms with van der Waals surface area (Å²) in [4.78, 5) is 0.158. The van der Waals surface area contributed by atoms with E-state index in [2.05, 4.69) is 23.5 Å². The highest BCUT2D eigenvalue weighted by Gasteiger charge is 2.49. The zero-order valence-electron chi connectivity index (χ0n) is 12.8. The summed E-state index contributed by atoms with van der Waals surface area (Å²) in [6.45, 7) is 6.04. The van der Waals surface area contributed by atoms with Crippen molar-refractivity contribution in [3.05, 3.63) is 0 Å². The number of rotatable bonds is 6. The second kappa shape index (κ2) is 5.73. The van der Waals surface area contributed by atoms with E-state index in [1.165, 1.54) is 0 Å². The molecule has 0 radical (unpaired) electrons. The SMILES string of the molecule is CCCS(=O)(=O)c1c(N)nsc1NC1CC(OC)C1(C)C. The molecule has 2 unspecified atom stereocenters. The molecule has 1 aromatic heterocycles. The lowest BCUT2D eigenvalue weighted by Crippen LogP contribution is -2.57. The van der Waals surface area contributed by atoms with Crippen molar-refractivity contribution >= 4 is 32.2 Å². The summed E-state index contributed by atoms with van der Waals surface area (Å²) >= 11 is 1.11. The van der Waals surface area contributed by atoms with Crippen LogP contribution >= 0.6 is 11.5 Å².